The first kappa shape index (κ1) is 8.58. The van der Waals surface area contributed by atoms with Gasteiger partial charge in [0.1, 0.15) is 5.69 Å². The molecule has 0 aliphatic heterocycles. The topological polar surface area (TPSA) is 53.0 Å². The highest BCUT2D eigenvalue weighted by molar-refractivity contribution is 5.87. The lowest BCUT2D eigenvalue weighted by Gasteiger charge is -2.06. The highest BCUT2D eigenvalue weighted by Crippen LogP contribution is 2.19. The smallest absolute Gasteiger partial charge is 0.281 e. The van der Waals surface area contributed by atoms with E-state index in [4.69, 9.17) is 0 Å². The quantitative estimate of drug-likeness (QED) is 0.648. The second kappa shape index (κ2) is 3.25. The molecule has 12 heavy (non-hydrogen) atoms. The van der Waals surface area contributed by atoms with Crippen LogP contribution in [0.2, 0.25) is 0 Å². The van der Waals surface area contributed by atoms with Gasteiger partial charge in [0.2, 0.25) is 0 Å². The Morgan fingerprint density at radius 3 is 2.67 bits per heavy atom. The summed E-state index contributed by atoms with van der Waals surface area (Å²) in [5, 5.41) is 10.2. The maximum Gasteiger partial charge on any atom is 0.281 e. The minimum atomic E-state index is -2.89. The maximum atomic E-state index is 12.0. The van der Waals surface area contributed by atoms with Crippen LogP contribution in [0.1, 0.15) is 22.5 Å². The fraction of sp³-hybridized carbons (Fsp3) is 0.143. The molecule has 0 atom stereocenters. The van der Waals surface area contributed by atoms with Crippen molar-refractivity contribution >= 4 is 5.97 Å². The van der Waals surface area contributed by atoms with E-state index in [0.29, 0.717) is 0 Å². The maximum absolute atomic E-state index is 12.0. The molecule has 0 radical (unpaired) electrons. The first-order valence-corrected chi connectivity index (χ1v) is 3.07. The summed E-state index contributed by atoms with van der Waals surface area (Å²) in [5.74, 6) is -1.64. The number of nitrogens with zero attached hydrogens (tertiary/aromatic N) is 1. The SMILES string of the molecule is O=C([O-])c1cccnc1C(F)F. The average Bonchev–Trinajstić information content (AvgIpc) is 2.04. The van der Waals surface area contributed by atoms with Gasteiger partial charge in [-0.3, -0.25) is 4.98 Å². The number of rotatable bonds is 2. The van der Waals surface area contributed by atoms with Crippen LogP contribution in [0, 0.1) is 0 Å². The summed E-state index contributed by atoms with van der Waals surface area (Å²) in [7, 11) is 0. The normalized spacial score (nSPS) is 10.2. The van der Waals surface area contributed by atoms with E-state index in [1.807, 2.05) is 0 Å². The number of pyridine rings is 1. The van der Waals surface area contributed by atoms with Gasteiger partial charge in [0.25, 0.3) is 6.43 Å². The third-order valence-electron chi connectivity index (χ3n) is 1.27. The molecule has 0 aliphatic rings. The first-order chi connectivity index (χ1) is 5.63. The van der Waals surface area contributed by atoms with Crippen LogP contribution in [-0.4, -0.2) is 11.0 Å². The molecule has 1 heterocycles. The Kier molecular flexibility index (Phi) is 2.32. The minimum Gasteiger partial charge on any atom is -0.545 e. The zero-order valence-corrected chi connectivity index (χ0v) is 5.83. The monoisotopic (exact) mass is 172 g/mol. The fourth-order valence-electron chi connectivity index (χ4n) is 0.764. The Morgan fingerprint density at radius 1 is 1.58 bits per heavy atom. The van der Waals surface area contributed by atoms with E-state index in [0.717, 1.165) is 12.3 Å². The van der Waals surface area contributed by atoms with Gasteiger partial charge in [0.05, 0.1) is 5.97 Å². The summed E-state index contributed by atoms with van der Waals surface area (Å²) >= 11 is 0. The van der Waals surface area contributed by atoms with E-state index < -0.39 is 23.7 Å². The number of halogens is 2. The number of aromatic carboxylic acids is 1. The summed E-state index contributed by atoms with van der Waals surface area (Å²) in [6.45, 7) is 0. The molecule has 3 nitrogen and oxygen atoms in total. The first-order valence-electron chi connectivity index (χ1n) is 3.07. The molecule has 1 aromatic heterocycles. The van der Waals surface area contributed by atoms with Crippen LogP contribution in [0.25, 0.3) is 0 Å². The highest BCUT2D eigenvalue weighted by atomic mass is 19.3. The van der Waals surface area contributed by atoms with Gasteiger partial charge in [-0.1, -0.05) is 0 Å². The summed E-state index contributed by atoms with van der Waals surface area (Å²) in [6.07, 6.45) is -1.78. The zero-order chi connectivity index (χ0) is 9.14. The minimum absolute atomic E-state index is 0.562. The van der Waals surface area contributed by atoms with Crippen molar-refractivity contribution in [2.75, 3.05) is 0 Å². The van der Waals surface area contributed by atoms with Crippen molar-refractivity contribution in [3.63, 3.8) is 0 Å². The van der Waals surface area contributed by atoms with Gasteiger partial charge >= 0.3 is 0 Å². The van der Waals surface area contributed by atoms with Crippen LogP contribution in [0.15, 0.2) is 18.3 Å². The molecule has 64 valence electrons. The molecule has 0 aromatic carbocycles. The average molecular weight is 172 g/mol. The van der Waals surface area contributed by atoms with E-state index in [1.54, 1.807) is 0 Å². The lowest BCUT2D eigenvalue weighted by Crippen LogP contribution is -2.24. The third kappa shape index (κ3) is 1.55. The van der Waals surface area contributed by atoms with E-state index >= 15 is 0 Å². The standard InChI is InChI=1S/C7H5F2NO2/c8-6(9)5-4(7(11)12)2-1-3-10-5/h1-3,6H,(H,11,12)/p-1. The predicted molar refractivity (Wildman–Crippen MR) is 33.5 cm³/mol. The molecule has 0 aliphatic carbocycles. The van der Waals surface area contributed by atoms with Crippen LogP contribution >= 0.6 is 0 Å². The van der Waals surface area contributed by atoms with E-state index in [2.05, 4.69) is 4.98 Å². The summed E-state index contributed by atoms with van der Waals surface area (Å²) in [4.78, 5) is 13.5. The molecule has 0 bridgehead atoms. The van der Waals surface area contributed by atoms with Crippen LogP contribution in [0.5, 0.6) is 0 Å². The Bertz CT molecular complexity index is 301. The van der Waals surface area contributed by atoms with Crippen molar-refractivity contribution < 1.29 is 18.7 Å². The molecular weight excluding hydrogens is 168 g/mol. The van der Waals surface area contributed by atoms with Gasteiger partial charge in [0.15, 0.2) is 0 Å². The molecule has 0 saturated heterocycles. The number of hydrogen-bond acceptors (Lipinski definition) is 3. The predicted octanol–water partition coefficient (Wildman–Crippen LogP) is 0.383. The van der Waals surface area contributed by atoms with Gasteiger partial charge in [-0.2, -0.15) is 0 Å². The van der Waals surface area contributed by atoms with E-state index in [9.17, 15) is 18.7 Å². The Hall–Kier alpha value is -1.52. The molecule has 1 aromatic rings. The van der Waals surface area contributed by atoms with Crippen molar-refractivity contribution in [3.8, 4) is 0 Å². The summed E-state index contributed by atoms with van der Waals surface area (Å²) in [6, 6.07) is 2.29. The van der Waals surface area contributed by atoms with Crippen molar-refractivity contribution in [2.45, 2.75) is 6.43 Å². The highest BCUT2D eigenvalue weighted by Gasteiger charge is 2.13. The second-order valence-corrected chi connectivity index (χ2v) is 2.02. The number of aromatic nitrogens is 1. The van der Waals surface area contributed by atoms with Crippen LogP contribution in [0.3, 0.4) is 0 Å². The Morgan fingerprint density at radius 2 is 2.25 bits per heavy atom. The lowest BCUT2D eigenvalue weighted by atomic mass is 10.2. The molecule has 0 unspecified atom stereocenters. The number of carbonyl (C=O) groups excluding carboxylic acids is 1. The molecule has 0 N–H and O–H groups in total. The molecule has 0 spiro atoms. The van der Waals surface area contributed by atoms with Crippen LogP contribution in [-0.2, 0) is 0 Å². The lowest BCUT2D eigenvalue weighted by molar-refractivity contribution is -0.255. The van der Waals surface area contributed by atoms with Gasteiger partial charge in [-0.25, -0.2) is 8.78 Å². The molecule has 5 heteroatoms. The van der Waals surface area contributed by atoms with E-state index in [1.165, 1.54) is 6.07 Å². The largest absolute Gasteiger partial charge is 0.545 e. The molecule has 1 rings (SSSR count). The Balaban J connectivity index is 3.17. The number of hydrogen-bond donors (Lipinski definition) is 0. The van der Waals surface area contributed by atoms with Crippen molar-refractivity contribution in [3.05, 3.63) is 29.6 Å². The van der Waals surface area contributed by atoms with Crippen molar-refractivity contribution in [1.82, 2.24) is 4.98 Å². The van der Waals surface area contributed by atoms with Crippen LogP contribution < -0.4 is 5.11 Å². The molecule has 0 saturated carbocycles. The fourth-order valence-corrected chi connectivity index (χ4v) is 0.764. The number of alkyl halides is 2. The van der Waals surface area contributed by atoms with Gasteiger partial charge < -0.3 is 9.90 Å². The third-order valence-corrected chi connectivity index (χ3v) is 1.27. The van der Waals surface area contributed by atoms with Gasteiger partial charge in [-0.05, 0) is 12.1 Å². The molecule has 0 fully saturated rings. The van der Waals surface area contributed by atoms with Gasteiger partial charge in [-0.15, -0.1) is 0 Å². The van der Waals surface area contributed by atoms with Crippen molar-refractivity contribution in [1.29, 1.82) is 0 Å². The van der Waals surface area contributed by atoms with Crippen LogP contribution in [0.4, 0.5) is 8.78 Å². The number of carbonyl (C=O) groups is 1. The number of carboxylic acid groups (broad SMARTS) is 1. The molecular formula is C7H4F2NO2-. The van der Waals surface area contributed by atoms with E-state index in [-0.39, 0.29) is 0 Å². The summed E-state index contributed by atoms with van der Waals surface area (Å²) < 4.78 is 24.1. The summed E-state index contributed by atoms with van der Waals surface area (Å²) in [5.41, 5.74) is -1.31. The second-order valence-electron chi connectivity index (χ2n) is 2.02. The van der Waals surface area contributed by atoms with Gasteiger partial charge in [0, 0.05) is 11.8 Å². The Labute approximate surface area is 66.7 Å². The number of carboxylic acids is 1. The molecule has 0 amide bonds. The van der Waals surface area contributed by atoms with Crippen molar-refractivity contribution in [2.24, 2.45) is 0 Å². The zero-order valence-electron chi connectivity index (χ0n) is 5.83.